The molecule has 0 aliphatic carbocycles. The molecule has 0 fully saturated rings. The summed E-state index contributed by atoms with van der Waals surface area (Å²) in [5.74, 6) is 2.61. The largest absolute Gasteiger partial charge is 0.267 e. The summed E-state index contributed by atoms with van der Waals surface area (Å²) in [5, 5.41) is 7.44. The topological polar surface area (TPSA) is 26.0 Å². The summed E-state index contributed by atoms with van der Waals surface area (Å²) >= 11 is 1.04. The molecule has 0 unspecified atom stereocenters. The predicted octanol–water partition coefficient (Wildman–Crippen LogP) is 0.574. The van der Waals surface area contributed by atoms with E-state index >= 15 is 0 Å². The van der Waals surface area contributed by atoms with Crippen molar-refractivity contribution in [3.05, 3.63) is 0 Å². The van der Waals surface area contributed by atoms with Gasteiger partial charge in [-0.2, -0.15) is 0 Å². The molecule has 0 saturated carbocycles. The van der Waals surface area contributed by atoms with Crippen LogP contribution in [0.2, 0.25) is 0 Å². The Kier molecular flexibility index (Phi) is 3.77. The molecule has 0 saturated heterocycles. The molecular weight excluding hydrogens is 82.1 g/mol. The molecular formula is C3H5NS. The minimum absolute atomic E-state index is 1.04. The molecule has 0 aromatic heterocycles. The maximum Gasteiger partial charge on any atom is 0.00494 e. The van der Waals surface area contributed by atoms with E-state index in [1.165, 1.54) is 0 Å². The average Bonchev–Trinajstić information content (AvgIpc) is 1.41. The molecule has 0 heterocycles. The second kappa shape index (κ2) is 3.87. The normalized spacial score (nSPS) is 5.20. The standard InChI is InChI=1S/C3H5NS/c1-2-3-5-4/h4H2,1H3. The van der Waals surface area contributed by atoms with Crippen molar-refractivity contribution >= 4 is 11.9 Å². The highest BCUT2D eigenvalue weighted by Crippen LogP contribution is 1.72. The van der Waals surface area contributed by atoms with Crippen LogP contribution in [0.15, 0.2) is 0 Å². The Balaban J connectivity index is 2.81. The lowest BCUT2D eigenvalue weighted by molar-refractivity contribution is 1.93. The third kappa shape index (κ3) is 3.87. The van der Waals surface area contributed by atoms with Crippen molar-refractivity contribution < 1.29 is 0 Å². The van der Waals surface area contributed by atoms with Gasteiger partial charge >= 0.3 is 0 Å². The molecule has 5 heavy (non-hydrogen) atoms. The van der Waals surface area contributed by atoms with Crippen LogP contribution in [0.25, 0.3) is 0 Å². The second-order valence-corrected chi connectivity index (χ2v) is 0.910. The van der Waals surface area contributed by atoms with Gasteiger partial charge in [-0.1, -0.05) is 5.92 Å². The maximum atomic E-state index is 4.88. The Morgan fingerprint density at radius 3 is 2.40 bits per heavy atom. The molecule has 2 N–H and O–H groups in total. The summed E-state index contributed by atoms with van der Waals surface area (Å²) in [4.78, 5) is 0. The molecule has 28 valence electrons. The first-order valence-corrected chi connectivity index (χ1v) is 2.07. The number of hydrogen-bond acceptors (Lipinski definition) is 2. The van der Waals surface area contributed by atoms with Gasteiger partial charge in [-0.25, -0.2) is 0 Å². The third-order valence-corrected chi connectivity index (χ3v) is 0.483. The quantitative estimate of drug-likeness (QED) is 0.345. The van der Waals surface area contributed by atoms with E-state index in [2.05, 4.69) is 11.2 Å². The summed E-state index contributed by atoms with van der Waals surface area (Å²) in [5.41, 5.74) is 0. The smallest absolute Gasteiger partial charge is 0.00494 e. The molecule has 0 spiro atoms. The van der Waals surface area contributed by atoms with Crippen LogP contribution in [0.3, 0.4) is 0 Å². The van der Waals surface area contributed by atoms with Crippen LogP contribution >= 0.6 is 11.9 Å². The van der Waals surface area contributed by atoms with E-state index in [1.54, 1.807) is 6.92 Å². The fourth-order valence-electron chi connectivity index (χ4n) is 0.0589. The summed E-state index contributed by atoms with van der Waals surface area (Å²) in [7, 11) is 0. The van der Waals surface area contributed by atoms with Crippen molar-refractivity contribution in [3.63, 3.8) is 0 Å². The first-order valence-electron chi connectivity index (χ1n) is 1.19. The van der Waals surface area contributed by atoms with E-state index < -0.39 is 0 Å². The zero-order valence-electron chi connectivity index (χ0n) is 2.99. The summed E-state index contributed by atoms with van der Waals surface area (Å²) in [6, 6.07) is 0. The number of rotatable bonds is 0. The number of hydrogen-bond donors (Lipinski definition) is 1. The molecule has 0 bridgehead atoms. The summed E-state index contributed by atoms with van der Waals surface area (Å²) in [6.45, 7) is 1.75. The lowest BCUT2D eigenvalue weighted by atomic mass is 10.9. The average molecular weight is 87.1 g/mol. The van der Waals surface area contributed by atoms with Gasteiger partial charge in [0.05, 0.1) is 0 Å². The van der Waals surface area contributed by atoms with Crippen LogP contribution in [-0.4, -0.2) is 0 Å². The Morgan fingerprint density at radius 2 is 2.40 bits per heavy atom. The van der Waals surface area contributed by atoms with Crippen LogP contribution in [0, 0.1) is 11.2 Å². The third-order valence-electron chi connectivity index (χ3n) is 0.161. The van der Waals surface area contributed by atoms with E-state index in [0.29, 0.717) is 0 Å². The molecule has 0 aromatic rings. The van der Waals surface area contributed by atoms with Gasteiger partial charge in [0, 0.05) is 11.9 Å². The fourth-order valence-corrected chi connectivity index (χ4v) is 0.177. The zero-order chi connectivity index (χ0) is 4.12. The maximum absolute atomic E-state index is 4.88. The van der Waals surface area contributed by atoms with Crippen molar-refractivity contribution in [1.82, 2.24) is 0 Å². The van der Waals surface area contributed by atoms with E-state index in [0.717, 1.165) is 11.9 Å². The first-order chi connectivity index (χ1) is 2.41. The molecule has 0 radical (unpaired) electrons. The predicted molar refractivity (Wildman–Crippen MR) is 25.2 cm³/mol. The highest BCUT2D eigenvalue weighted by atomic mass is 32.2. The Labute approximate surface area is 36.1 Å². The molecule has 0 aliphatic rings. The lowest BCUT2D eigenvalue weighted by Gasteiger charge is -1.59. The molecule has 0 atom stereocenters. The Morgan fingerprint density at radius 1 is 1.80 bits per heavy atom. The van der Waals surface area contributed by atoms with Crippen molar-refractivity contribution in [2.24, 2.45) is 5.14 Å². The van der Waals surface area contributed by atoms with Gasteiger partial charge in [-0.15, -0.1) is 0 Å². The van der Waals surface area contributed by atoms with Gasteiger partial charge in [0.25, 0.3) is 0 Å². The molecule has 0 rings (SSSR count). The molecule has 2 heteroatoms. The van der Waals surface area contributed by atoms with Crippen LogP contribution < -0.4 is 5.14 Å². The molecule has 0 aliphatic heterocycles. The summed E-state index contributed by atoms with van der Waals surface area (Å²) in [6.07, 6.45) is 0. The van der Waals surface area contributed by atoms with E-state index in [-0.39, 0.29) is 0 Å². The van der Waals surface area contributed by atoms with Gasteiger partial charge in [-0.05, 0) is 12.2 Å². The zero-order valence-corrected chi connectivity index (χ0v) is 3.80. The molecule has 0 aromatic carbocycles. The van der Waals surface area contributed by atoms with E-state index in [9.17, 15) is 0 Å². The fraction of sp³-hybridized carbons (Fsp3) is 0.333. The van der Waals surface area contributed by atoms with Gasteiger partial charge in [0.2, 0.25) is 0 Å². The van der Waals surface area contributed by atoms with Crippen molar-refractivity contribution in [2.75, 3.05) is 0 Å². The highest BCUT2D eigenvalue weighted by Gasteiger charge is 1.48. The van der Waals surface area contributed by atoms with Crippen LogP contribution in [0.4, 0.5) is 0 Å². The minimum Gasteiger partial charge on any atom is -0.267 e. The van der Waals surface area contributed by atoms with Crippen LogP contribution in [0.5, 0.6) is 0 Å². The second-order valence-electron chi connectivity index (χ2n) is 0.470. The SMILES string of the molecule is CC#CSN. The highest BCUT2D eigenvalue weighted by molar-refractivity contribution is 8.01. The first kappa shape index (κ1) is 4.87. The van der Waals surface area contributed by atoms with Crippen LogP contribution in [-0.2, 0) is 0 Å². The van der Waals surface area contributed by atoms with E-state index in [1.807, 2.05) is 0 Å². The van der Waals surface area contributed by atoms with Gasteiger partial charge in [0.1, 0.15) is 0 Å². The van der Waals surface area contributed by atoms with Crippen molar-refractivity contribution in [2.45, 2.75) is 6.92 Å². The van der Waals surface area contributed by atoms with Crippen molar-refractivity contribution in [1.29, 1.82) is 0 Å². The van der Waals surface area contributed by atoms with Crippen LogP contribution in [0.1, 0.15) is 6.92 Å². The number of nitrogens with two attached hydrogens (primary N) is 1. The van der Waals surface area contributed by atoms with Gasteiger partial charge < -0.3 is 0 Å². The van der Waals surface area contributed by atoms with Crippen molar-refractivity contribution in [3.8, 4) is 11.2 Å². The Hall–Kier alpha value is -0.130. The Bertz CT molecular complexity index is 59.0. The van der Waals surface area contributed by atoms with E-state index in [4.69, 9.17) is 5.14 Å². The monoisotopic (exact) mass is 87.0 g/mol. The van der Waals surface area contributed by atoms with Gasteiger partial charge in [0.15, 0.2) is 0 Å². The lowest BCUT2D eigenvalue weighted by Crippen LogP contribution is -1.66. The minimum atomic E-state index is 1.04. The van der Waals surface area contributed by atoms with Gasteiger partial charge in [-0.3, -0.25) is 5.14 Å². The molecule has 1 nitrogen and oxygen atoms in total. The summed E-state index contributed by atoms with van der Waals surface area (Å²) < 4.78 is 0. The molecule has 0 amide bonds.